The molecule has 15 N–H and O–H groups in total. The first-order valence-corrected chi connectivity index (χ1v) is 12.7. The molecule has 0 bridgehead atoms. The quantitative estimate of drug-likeness (QED) is 0.0348. The van der Waals surface area contributed by atoms with Gasteiger partial charge in [-0.1, -0.05) is 0 Å². The number of rotatable bonds is 18. The number of nitrogens with one attached hydrogen (secondary N) is 4. The predicted octanol–water partition coefficient (Wildman–Crippen LogP) is -4.14. The third kappa shape index (κ3) is 13.3. The normalized spacial score (nSPS) is 13.7. The van der Waals surface area contributed by atoms with Crippen molar-refractivity contribution in [2.24, 2.45) is 38.7 Å². The first-order chi connectivity index (χ1) is 18.4. The number of guanidine groups is 2. The van der Waals surface area contributed by atoms with Gasteiger partial charge in [0.05, 0.1) is 12.4 Å². The lowest BCUT2D eigenvalue weighted by atomic mass is 10.1. The number of aliphatic carboxylic acids is 1. The Morgan fingerprint density at radius 3 is 1.90 bits per heavy atom. The van der Waals surface area contributed by atoms with E-state index in [0.717, 1.165) is 0 Å². The van der Waals surface area contributed by atoms with E-state index in [4.69, 9.17) is 28.7 Å². The number of carboxylic acid groups (broad SMARTS) is 1. The van der Waals surface area contributed by atoms with Crippen LogP contribution in [0.25, 0.3) is 0 Å². The summed E-state index contributed by atoms with van der Waals surface area (Å²) in [6.45, 7) is 0.372. The van der Waals surface area contributed by atoms with Crippen molar-refractivity contribution in [1.29, 1.82) is 0 Å². The number of hydrogen-bond acceptors (Lipinski definition) is 9. The second-order valence-electron chi connectivity index (χ2n) is 8.49. The van der Waals surface area contributed by atoms with Gasteiger partial charge in [0.1, 0.15) is 18.1 Å². The summed E-state index contributed by atoms with van der Waals surface area (Å²) in [7, 11) is 0. The Hall–Kier alpha value is -4.06. The zero-order valence-electron chi connectivity index (χ0n) is 21.4. The average molecular weight is 571 g/mol. The highest BCUT2D eigenvalue weighted by Crippen LogP contribution is 2.04. The number of carbonyl (C=O) groups is 4. The second-order valence-corrected chi connectivity index (χ2v) is 8.85. The molecule has 1 aromatic heterocycles. The highest BCUT2D eigenvalue weighted by Gasteiger charge is 2.29. The van der Waals surface area contributed by atoms with Crippen molar-refractivity contribution < 1.29 is 24.3 Å². The van der Waals surface area contributed by atoms with Crippen LogP contribution in [0.4, 0.5) is 0 Å². The summed E-state index contributed by atoms with van der Waals surface area (Å²) in [4.78, 5) is 64.5. The maximum absolute atomic E-state index is 13.1. The molecule has 0 aromatic carbocycles. The van der Waals surface area contributed by atoms with E-state index in [1.165, 1.54) is 12.5 Å². The van der Waals surface area contributed by atoms with Crippen molar-refractivity contribution in [3.05, 3.63) is 18.2 Å². The lowest BCUT2D eigenvalue weighted by Crippen LogP contribution is -2.57. The molecule has 0 aliphatic carbocycles. The van der Waals surface area contributed by atoms with Gasteiger partial charge < -0.3 is 54.7 Å². The first kappa shape index (κ1) is 33.0. The largest absolute Gasteiger partial charge is 0.480 e. The number of nitrogens with zero attached hydrogens (tertiary/aromatic N) is 3. The average Bonchev–Trinajstić information content (AvgIpc) is 3.38. The molecule has 0 saturated carbocycles. The Bertz CT molecular complexity index is 995. The lowest BCUT2D eigenvalue weighted by Gasteiger charge is -2.24. The van der Waals surface area contributed by atoms with Crippen molar-refractivity contribution in [1.82, 2.24) is 25.9 Å². The molecule has 1 rings (SSSR count). The van der Waals surface area contributed by atoms with Gasteiger partial charge in [0.25, 0.3) is 0 Å². The summed E-state index contributed by atoms with van der Waals surface area (Å²) < 4.78 is 0. The Labute approximate surface area is 230 Å². The van der Waals surface area contributed by atoms with E-state index in [9.17, 15) is 24.3 Å². The molecule has 17 nitrogen and oxygen atoms in total. The summed E-state index contributed by atoms with van der Waals surface area (Å²) in [5.74, 6) is -3.75. The van der Waals surface area contributed by atoms with Crippen LogP contribution < -0.4 is 44.6 Å². The fourth-order valence-electron chi connectivity index (χ4n) is 3.28. The number of hydrogen-bond donors (Lipinski definition) is 11. The van der Waals surface area contributed by atoms with Crippen molar-refractivity contribution in [2.45, 2.75) is 56.3 Å². The molecule has 1 aromatic rings. The van der Waals surface area contributed by atoms with Crippen LogP contribution >= 0.6 is 12.6 Å². The maximum Gasteiger partial charge on any atom is 0.326 e. The SMILES string of the molecule is NC(N)=NCCCC(NC(=O)C(CS)NC(=O)C(CCCN=C(N)N)NC(=O)C(N)Cc1cnc[nH]1)C(=O)O. The van der Waals surface area contributed by atoms with E-state index >= 15 is 0 Å². The molecule has 0 saturated heterocycles. The van der Waals surface area contributed by atoms with Crippen LogP contribution in [0.2, 0.25) is 0 Å². The van der Waals surface area contributed by atoms with Crippen molar-refractivity contribution in [3.8, 4) is 0 Å². The van der Waals surface area contributed by atoms with Gasteiger partial charge in [-0.15, -0.1) is 0 Å². The van der Waals surface area contributed by atoms with E-state index < -0.39 is 47.9 Å². The van der Waals surface area contributed by atoms with E-state index in [1.54, 1.807) is 0 Å². The number of aromatic amines is 1. The first-order valence-electron chi connectivity index (χ1n) is 12.0. The zero-order chi connectivity index (χ0) is 29.4. The van der Waals surface area contributed by atoms with Crippen LogP contribution in [0.3, 0.4) is 0 Å². The number of nitrogens with two attached hydrogens (primary N) is 5. The number of carbonyl (C=O) groups excluding carboxylic acids is 3. The number of carboxylic acids is 1. The molecule has 218 valence electrons. The van der Waals surface area contributed by atoms with E-state index in [0.29, 0.717) is 12.1 Å². The van der Waals surface area contributed by atoms with Gasteiger partial charge >= 0.3 is 5.97 Å². The molecule has 18 heteroatoms. The number of aromatic nitrogens is 2. The fourth-order valence-corrected chi connectivity index (χ4v) is 3.53. The van der Waals surface area contributed by atoms with Gasteiger partial charge in [-0.2, -0.15) is 12.6 Å². The molecule has 4 atom stereocenters. The molecular weight excluding hydrogens is 532 g/mol. The predicted molar refractivity (Wildman–Crippen MR) is 147 cm³/mol. The second kappa shape index (κ2) is 17.4. The van der Waals surface area contributed by atoms with Gasteiger partial charge in [0.15, 0.2) is 11.9 Å². The molecule has 0 aliphatic rings. The van der Waals surface area contributed by atoms with Gasteiger partial charge in [-0.05, 0) is 25.7 Å². The van der Waals surface area contributed by atoms with Gasteiger partial charge in [0.2, 0.25) is 17.7 Å². The Balaban J connectivity index is 2.86. The summed E-state index contributed by atoms with van der Waals surface area (Å²) in [5, 5.41) is 16.9. The Morgan fingerprint density at radius 2 is 1.41 bits per heavy atom. The van der Waals surface area contributed by atoms with E-state index in [1.807, 2.05) is 0 Å². The van der Waals surface area contributed by atoms with Crippen LogP contribution in [0.1, 0.15) is 31.4 Å². The minimum Gasteiger partial charge on any atom is -0.480 e. The molecule has 0 aliphatic heterocycles. The molecule has 1 heterocycles. The fraction of sp³-hybridized carbons (Fsp3) is 0.571. The summed E-state index contributed by atoms with van der Waals surface area (Å²) >= 11 is 4.11. The van der Waals surface area contributed by atoms with Crippen molar-refractivity contribution >= 4 is 48.2 Å². The van der Waals surface area contributed by atoms with Crippen LogP contribution in [0.15, 0.2) is 22.5 Å². The monoisotopic (exact) mass is 570 g/mol. The number of amides is 3. The van der Waals surface area contributed by atoms with Crippen LogP contribution in [-0.2, 0) is 25.6 Å². The van der Waals surface area contributed by atoms with Crippen molar-refractivity contribution in [2.75, 3.05) is 18.8 Å². The zero-order valence-corrected chi connectivity index (χ0v) is 22.3. The Morgan fingerprint density at radius 1 is 0.897 bits per heavy atom. The summed E-state index contributed by atoms with van der Waals surface area (Å²) in [5.41, 5.74) is 27.7. The smallest absolute Gasteiger partial charge is 0.326 e. The summed E-state index contributed by atoms with van der Waals surface area (Å²) in [6.07, 6.45) is 3.89. The maximum atomic E-state index is 13.1. The van der Waals surface area contributed by atoms with Crippen molar-refractivity contribution in [3.63, 3.8) is 0 Å². The minimum absolute atomic E-state index is 0.0444. The Kier molecular flexibility index (Phi) is 14.8. The van der Waals surface area contributed by atoms with Gasteiger partial charge in [-0.25, -0.2) is 9.78 Å². The highest BCUT2D eigenvalue weighted by atomic mass is 32.1. The molecule has 0 fully saturated rings. The third-order valence-corrected chi connectivity index (χ3v) is 5.65. The van der Waals surface area contributed by atoms with E-state index in [2.05, 4.69) is 48.5 Å². The molecule has 39 heavy (non-hydrogen) atoms. The summed E-state index contributed by atoms with van der Waals surface area (Å²) in [6, 6.07) is -4.53. The third-order valence-electron chi connectivity index (χ3n) is 5.29. The van der Waals surface area contributed by atoms with Crippen LogP contribution in [-0.4, -0.2) is 93.7 Å². The molecule has 0 spiro atoms. The van der Waals surface area contributed by atoms with Crippen LogP contribution in [0.5, 0.6) is 0 Å². The topological polar surface area (TPSA) is 308 Å². The molecule has 0 radical (unpaired) electrons. The van der Waals surface area contributed by atoms with E-state index in [-0.39, 0.29) is 56.4 Å². The lowest BCUT2D eigenvalue weighted by molar-refractivity contribution is -0.142. The standard InChI is InChI=1S/C21H38N12O5S/c22-12(7-11-8-27-10-30-11)16(34)31-13(3-1-5-28-20(23)24)17(35)33-15(9-39)18(36)32-14(19(37)38)4-2-6-29-21(25)26/h8,10,12-15,39H,1-7,9,22H2,(H,27,30)(H,31,34)(H,32,36)(H,33,35)(H,37,38)(H4,23,24,28)(H4,25,26,29). The number of thiol groups is 1. The molecule has 4 unspecified atom stereocenters. The van der Waals surface area contributed by atoms with Crippen LogP contribution in [0, 0.1) is 0 Å². The number of H-pyrrole nitrogens is 1. The van der Waals surface area contributed by atoms with Gasteiger partial charge in [-0.3, -0.25) is 24.4 Å². The molecular formula is C21H38N12O5S. The highest BCUT2D eigenvalue weighted by molar-refractivity contribution is 7.80. The minimum atomic E-state index is -1.27. The molecule has 3 amide bonds. The van der Waals surface area contributed by atoms with Gasteiger partial charge in [0, 0.05) is 37.2 Å². The number of imidazole rings is 1. The number of aliphatic imine (C=N–C) groups is 2.